The van der Waals surface area contributed by atoms with Gasteiger partial charge in [0.25, 0.3) is 5.91 Å². The molecule has 0 saturated heterocycles. The molecule has 0 bridgehead atoms. The van der Waals surface area contributed by atoms with Crippen LogP contribution in [-0.4, -0.2) is 23.4 Å². The monoisotopic (exact) mass is 369 g/mol. The van der Waals surface area contributed by atoms with Crippen LogP contribution in [0.3, 0.4) is 0 Å². The Labute approximate surface area is 140 Å². The maximum Gasteiger partial charge on any atom is 0.255 e. The molecule has 0 aliphatic heterocycles. The minimum Gasteiger partial charge on any atom is -0.335 e. The van der Waals surface area contributed by atoms with E-state index in [4.69, 9.17) is 11.6 Å². The van der Waals surface area contributed by atoms with E-state index in [-0.39, 0.29) is 5.91 Å². The van der Waals surface area contributed by atoms with Crippen molar-refractivity contribution in [1.82, 2.24) is 4.90 Å². The zero-order valence-corrected chi connectivity index (χ0v) is 14.5. The predicted molar refractivity (Wildman–Crippen MR) is 89.8 cm³/mol. The lowest BCUT2D eigenvalue weighted by Gasteiger charge is -2.30. The van der Waals surface area contributed by atoms with Crippen LogP contribution < -0.4 is 0 Å². The van der Waals surface area contributed by atoms with E-state index in [0.29, 0.717) is 22.5 Å². The molecule has 1 aromatic rings. The molecular formula is C17H21BrClNO. The van der Waals surface area contributed by atoms with Crippen LogP contribution in [0.25, 0.3) is 0 Å². The van der Waals surface area contributed by atoms with Crippen molar-refractivity contribution in [2.24, 2.45) is 5.92 Å². The van der Waals surface area contributed by atoms with Gasteiger partial charge in [0.2, 0.25) is 0 Å². The summed E-state index contributed by atoms with van der Waals surface area (Å²) in [6, 6.07) is 5.96. The Morgan fingerprint density at radius 3 is 2.57 bits per heavy atom. The van der Waals surface area contributed by atoms with E-state index >= 15 is 0 Å². The van der Waals surface area contributed by atoms with E-state index in [0.717, 1.165) is 23.9 Å². The van der Waals surface area contributed by atoms with E-state index in [1.165, 1.54) is 32.1 Å². The predicted octanol–water partition coefficient (Wildman–Crippen LogP) is 5.29. The molecule has 1 aromatic carbocycles. The molecule has 0 aromatic heterocycles. The summed E-state index contributed by atoms with van der Waals surface area (Å²) < 4.78 is 0.906. The Kier molecular flexibility index (Phi) is 4.90. The van der Waals surface area contributed by atoms with Crippen molar-refractivity contribution in [1.29, 1.82) is 0 Å². The maximum absolute atomic E-state index is 12.9. The molecule has 2 nitrogen and oxygen atoms in total. The van der Waals surface area contributed by atoms with E-state index in [9.17, 15) is 4.79 Å². The van der Waals surface area contributed by atoms with Crippen LogP contribution in [0.1, 0.15) is 55.3 Å². The van der Waals surface area contributed by atoms with Gasteiger partial charge in [-0.15, -0.1) is 0 Å². The second kappa shape index (κ2) is 6.70. The Morgan fingerprint density at radius 2 is 1.90 bits per heavy atom. The van der Waals surface area contributed by atoms with Crippen LogP contribution in [0.5, 0.6) is 0 Å². The molecule has 21 heavy (non-hydrogen) atoms. The molecule has 4 heteroatoms. The molecule has 0 atom stereocenters. The van der Waals surface area contributed by atoms with Crippen LogP contribution in [0.2, 0.25) is 5.02 Å². The summed E-state index contributed by atoms with van der Waals surface area (Å²) in [5.74, 6) is 0.781. The zero-order chi connectivity index (χ0) is 14.8. The highest BCUT2D eigenvalue weighted by Crippen LogP contribution is 2.33. The Morgan fingerprint density at radius 1 is 1.19 bits per heavy atom. The van der Waals surface area contributed by atoms with Crippen LogP contribution in [-0.2, 0) is 0 Å². The number of rotatable bonds is 4. The van der Waals surface area contributed by atoms with Crippen LogP contribution in [0, 0.1) is 5.92 Å². The number of benzene rings is 1. The van der Waals surface area contributed by atoms with Gasteiger partial charge in [-0.3, -0.25) is 4.79 Å². The van der Waals surface area contributed by atoms with Gasteiger partial charge in [0.1, 0.15) is 0 Å². The first-order valence-corrected chi connectivity index (χ1v) is 9.08. The second-order valence-electron chi connectivity index (χ2n) is 6.32. The molecule has 1 amide bonds. The van der Waals surface area contributed by atoms with Gasteiger partial charge in [0, 0.05) is 17.1 Å². The normalized spacial score (nSPS) is 19.5. The summed E-state index contributed by atoms with van der Waals surface area (Å²) in [6.07, 6.45) is 8.80. The molecule has 2 saturated carbocycles. The Hall–Kier alpha value is -0.540. The number of hydrogen-bond donors (Lipinski definition) is 0. The molecule has 0 N–H and O–H groups in total. The fourth-order valence-corrected chi connectivity index (χ4v) is 3.81. The van der Waals surface area contributed by atoms with Crippen molar-refractivity contribution < 1.29 is 4.79 Å². The van der Waals surface area contributed by atoms with Crippen molar-refractivity contribution in [3.63, 3.8) is 0 Å². The summed E-state index contributed by atoms with van der Waals surface area (Å²) in [7, 11) is 0. The lowest BCUT2D eigenvalue weighted by molar-refractivity contribution is 0.0699. The van der Waals surface area contributed by atoms with Crippen LogP contribution in [0.4, 0.5) is 0 Å². The third-order valence-electron chi connectivity index (χ3n) is 4.59. The highest BCUT2D eigenvalue weighted by atomic mass is 79.9. The van der Waals surface area contributed by atoms with Gasteiger partial charge in [-0.25, -0.2) is 0 Å². The molecule has 3 rings (SSSR count). The zero-order valence-electron chi connectivity index (χ0n) is 12.2. The van der Waals surface area contributed by atoms with E-state index in [1.807, 2.05) is 12.1 Å². The average Bonchev–Trinajstić information content (AvgIpc) is 3.32. The lowest BCUT2D eigenvalue weighted by Crippen LogP contribution is -2.38. The molecule has 2 fully saturated rings. The molecule has 2 aliphatic rings. The molecule has 0 radical (unpaired) electrons. The highest BCUT2D eigenvalue weighted by molar-refractivity contribution is 9.10. The third-order valence-corrected chi connectivity index (χ3v) is 5.41. The molecule has 0 unspecified atom stereocenters. The van der Waals surface area contributed by atoms with Gasteiger partial charge in [-0.1, -0.05) is 46.8 Å². The quantitative estimate of drug-likeness (QED) is 0.705. The summed E-state index contributed by atoms with van der Waals surface area (Å²) in [5, 5.41) is 0.553. The largest absolute Gasteiger partial charge is 0.335 e. The number of carbonyl (C=O) groups excluding carboxylic acids is 1. The van der Waals surface area contributed by atoms with Crippen molar-refractivity contribution in [2.75, 3.05) is 6.54 Å². The minimum absolute atomic E-state index is 0.106. The first-order chi connectivity index (χ1) is 10.1. The Bertz CT molecular complexity index is 524. The minimum atomic E-state index is 0.106. The van der Waals surface area contributed by atoms with E-state index in [1.54, 1.807) is 6.07 Å². The number of halogens is 2. The fourth-order valence-electron chi connectivity index (χ4n) is 3.25. The van der Waals surface area contributed by atoms with Crippen molar-refractivity contribution in [3.8, 4) is 0 Å². The number of nitrogens with zero attached hydrogens (tertiary/aromatic N) is 1. The van der Waals surface area contributed by atoms with Crippen LogP contribution >= 0.6 is 27.5 Å². The van der Waals surface area contributed by atoms with Crippen molar-refractivity contribution in [2.45, 2.75) is 51.0 Å². The SMILES string of the molecule is O=C(c1cc(Br)ccc1Cl)N(CC1CCCCC1)C1CC1. The second-order valence-corrected chi connectivity index (χ2v) is 7.64. The first kappa shape index (κ1) is 15.4. The van der Waals surface area contributed by atoms with Crippen molar-refractivity contribution in [3.05, 3.63) is 33.3 Å². The van der Waals surface area contributed by atoms with Gasteiger partial charge in [0.05, 0.1) is 10.6 Å². The van der Waals surface area contributed by atoms with Crippen molar-refractivity contribution >= 4 is 33.4 Å². The molecular weight excluding hydrogens is 350 g/mol. The Balaban J connectivity index is 1.76. The van der Waals surface area contributed by atoms with Crippen LogP contribution in [0.15, 0.2) is 22.7 Å². The maximum atomic E-state index is 12.9. The van der Waals surface area contributed by atoms with E-state index < -0.39 is 0 Å². The molecule has 114 valence electrons. The number of hydrogen-bond acceptors (Lipinski definition) is 1. The number of amides is 1. The topological polar surface area (TPSA) is 20.3 Å². The molecule has 0 spiro atoms. The van der Waals surface area contributed by atoms with Gasteiger partial charge < -0.3 is 4.90 Å². The first-order valence-electron chi connectivity index (χ1n) is 7.91. The average molecular weight is 371 g/mol. The van der Waals surface area contributed by atoms with E-state index in [2.05, 4.69) is 20.8 Å². The van der Waals surface area contributed by atoms with Gasteiger partial charge in [-0.05, 0) is 49.8 Å². The highest BCUT2D eigenvalue weighted by Gasteiger charge is 2.35. The number of carbonyl (C=O) groups is 1. The third kappa shape index (κ3) is 3.81. The van der Waals surface area contributed by atoms with Gasteiger partial charge in [-0.2, -0.15) is 0 Å². The standard InChI is InChI=1S/C17H21BrClNO/c18-13-6-9-16(19)15(10-13)17(21)20(14-7-8-14)11-12-4-2-1-3-5-12/h6,9-10,12,14H,1-5,7-8,11H2. The summed E-state index contributed by atoms with van der Waals surface area (Å²) in [5.41, 5.74) is 0.633. The molecule has 2 aliphatic carbocycles. The summed E-state index contributed by atoms with van der Waals surface area (Å²) >= 11 is 9.67. The lowest BCUT2D eigenvalue weighted by atomic mass is 9.89. The molecule has 0 heterocycles. The fraction of sp³-hybridized carbons (Fsp3) is 0.588. The van der Waals surface area contributed by atoms with Gasteiger partial charge >= 0.3 is 0 Å². The summed E-state index contributed by atoms with van der Waals surface area (Å²) in [4.78, 5) is 15.0. The van der Waals surface area contributed by atoms with Gasteiger partial charge in [0.15, 0.2) is 0 Å². The summed E-state index contributed by atoms with van der Waals surface area (Å²) in [6.45, 7) is 0.909. The smallest absolute Gasteiger partial charge is 0.255 e.